The molecule has 10 heteroatoms. The van der Waals surface area contributed by atoms with Crippen molar-refractivity contribution in [3.05, 3.63) is 52.7 Å². The summed E-state index contributed by atoms with van der Waals surface area (Å²) in [5.74, 6) is -0.767. The molecule has 0 aliphatic heterocycles. The van der Waals surface area contributed by atoms with E-state index in [2.05, 4.69) is 15.0 Å². The minimum absolute atomic E-state index is 0.0207. The lowest BCUT2D eigenvalue weighted by Crippen LogP contribution is -2.23. The summed E-state index contributed by atoms with van der Waals surface area (Å²) < 4.78 is 46.8. The Balaban J connectivity index is 1.72. The Morgan fingerprint density at radius 1 is 1.38 bits per heavy atom. The second-order valence-electron chi connectivity index (χ2n) is 4.76. The van der Waals surface area contributed by atoms with Crippen LogP contribution in [0.2, 0.25) is 0 Å². The minimum Gasteiger partial charge on any atom is -0.494 e. The molecule has 0 aliphatic carbocycles. The van der Waals surface area contributed by atoms with E-state index in [1.54, 1.807) is 10.9 Å². The maximum atomic E-state index is 13.7. The van der Waals surface area contributed by atoms with Gasteiger partial charge in [0.25, 0.3) is 0 Å². The molecule has 24 heavy (non-hydrogen) atoms. The van der Waals surface area contributed by atoms with Crippen LogP contribution in [0.4, 0.5) is 4.39 Å². The van der Waals surface area contributed by atoms with Gasteiger partial charge in [-0.1, -0.05) is 5.21 Å². The van der Waals surface area contributed by atoms with E-state index in [-0.39, 0.29) is 17.2 Å². The van der Waals surface area contributed by atoms with Crippen molar-refractivity contribution in [1.82, 2.24) is 19.7 Å². The smallest absolute Gasteiger partial charge is 0.241 e. The van der Waals surface area contributed by atoms with Crippen LogP contribution >= 0.6 is 11.3 Å². The van der Waals surface area contributed by atoms with E-state index in [0.717, 1.165) is 11.8 Å². The number of hydrogen-bond donors (Lipinski definition) is 1. The standard InChI is InChI=1S/C14H13FN4O3S2/c1-22-14-3-2-12(6-13(14)15)24(20,21)16-7-10-8-19(18-17-10)11-4-5-23-9-11/h2-6,8-9,16H,7H2,1H3. The van der Waals surface area contributed by atoms with E-state index in [9.17, 15) is 12.8 Å². The molecule has 0 atom stereocenters. The van der Waals surface area contributed by atoms with Gasteiger partial charge in [0.2, 0.25) is 10.0 Å². The first kappa shape index (κ1) is 16.6. The Kier molecular flexibility index (Phi) is 4.60. The summed E-state index contributed by atoms with van der Waals surface area (Å²) in [6, 6.07) is 5.31. The Hall–Kier alpha value is -2.30. The normalized spacial score (nSPS) is 11.6. The van der Waals surface area contributed by atoms with E-state index >= 15 is 0 Å². The summed E-state index contributed by atoms with van der Waals surface area (Å²) in [6.07, 6.45) is 1.62. The van der Waals surface area contributed by atoms with Gasteiger partial charge in [-0.25, -0.2) is 22.2 Å². The van der Waals surface area contributed by atoms with Gasteiger partial charge in [0.15, 0.2) is 11.6 Å². The van der Waals surface area contributed by atoms with Crippen LogP contribution < -0.4 is 9.46 Å². The number of aromatic nitrogens is 3. The van der Waals surface area contributed by atoms with Crippen molar-refractivity contribution in [1.29, 1.82) is 0 Å². The highest BCUT2D eigenvalue weighted by Crippen LogP contribution is 2.20. The monoisotopic (exact) mass is 368 g/mol. The molecule has 0 saturated heterocycles. The zero-order chi connectivity index (χ0) is 17.2. The molecular formula is C14H13FN4O3S2. The predicted octanol–water partition coefficient (Wildman–Crippen LogP) is 1.95. The van der Waals surface area contributed by atoms with Crippen LogP contribution in [0.5, 0.6) is 5.75 Å². The summed E-state index contributed by atoms with van der Waals surface area (Å²) >= 11 is 1.52. The number of halogens is 1. The van der Waals surface area contributed by atoms with E-state index < -0.39 is 15.8 Å². The van der Waals surface area contributed by atoms with Crippen molar-refractivity contribution >= 4 is 21.4 Å². The molecule has 0 radical (unpaired) electrons. The highest BCUT2D eigenvalue weighted by atomic mass is 32.2. The Bertz CT molecular complexity index is 939. The van der Waals surface area contributed by atoms with Crippen molar-refractivity contribution in [3.8, 4) is 11.4 Å². The first-order valence-electron chi connectivity index (χ1n) is 6.76. The van der Waals surface area contributed by atoms with E-state index in [4.69, 9.17) is 4.74 Å². The fraction of sp³-hybridized carbons (Fsp3) is 0.143. The first-order chi connectivity index (χ1) is 11.5. The zero-order valence-corrected chi connectivity index (χ0v) is 14.1. The van der Waals surface area contributed by atoms with E-state index in [1.807, 2.05) is 16.8 Å². The van der Waals surface area contributed by atoms with Crippen molar-refractivity contribution in [2.45, 2.75) is 11.4 Å². The number of hydrogen-bond acceptors (Lipinski definition) is 6. The van der Waals surface area contributed by atoms with E-state index in [0.29, 0.717) is 5.69 Å². The van der Waals surface area contributed by atoms with Crippen molar-refractivity contribution in [3.63, 3.8) is 0 Å². The SMILES string of the molecule is COc1ccc(S(=O)(=O)NCc2cn(-c3ccsc3)nn2)cc1F. The van der Waals surface area contributed by atoms with Gasteiger partial charge in [-0.05, 0) is 29.6 Å². The Morgan fingerprint density at radius 3 is 2.88 bits per heavy atom. The molecular weight excluding hydrogens is 355 g/mol. The minimum atomic E-state index is -3.87. The van der Waals surface area contributed by atoms with Crippen LogP contribution in [-0.2, 0) is 16.6 Å². The van der Waals surface area contributed by atoms with Crippen LogP contribution in [0.3, 0.4) is 0 Å². The number of sulfonamides is 1. The highest BCUT2D eigenvalue weighted by Gasteiger charge is 2.17. The average molecular weight is 368 g/mol. The molecule has 1 N–H and O–H groups in total. The summed E-state index contributed by atoms with van der Waals surface area (Å²) in [4.78, 5) is -0.189. The molecule has 0 unspecified atom stereocenters. The van der Waals surface area contributed by atoms with Crippen LogP contribution in [0.25, 0.3) is 5.69 Å². The van der Waals surface area contributed by atoms with Gasteiger partial charge in [0.1, 0.15) is 0 Å². The predicted molar refractivity (Wildman–Crippen MR) is 86.2 cm³/mol. The fourth-order valence-corrected chi connectivity index (χ4v) is 3.59. The molecule has 0 saturated carbocycles. The van der Waals surface area contributed by atoms with Gasteiger partial charge >= 0.3 is 0 Å². The third-order valence-corrected chi connectivity index (χ3v) is 5.26. The summed E-state index contributed by atoms with van der Waals surface area (Å²) in [6.45, 7) is -0.0554. The molecule has 1 aromatic carbocycles. The molecule has 3 rings (SSSR count). The summed E-state index contributed by atoms with van der Waals surface area (Å²) in [5, 5.41) is 11.6. The molecule has 7 nitrogen and oxygen atoms in total. The Morgan fingerprint density at radius 2 is 2.21 bits per heavy atom. The second kappa shape index (κ2) is 6.67. The summed E-state index contributed by atoms with van der Waals surface area (Å²) in [7, 11) is -2.56. The van der Waals surface area contributed by atoms with Crippen molar-refractivity contribution in [2.75, 3.05) is 7.11 Å². The highest BCUT2D eigenvalue weighted by molar-refractivity contribution is 7.89. The molecule has 2 heterocycles. The number of benzene rings is 1. The maximum Gasteiger partial charge on any atom is 0.241 e. The molecule has 2 aromatic heterocycles. The second-order valence-corrected chi connectivity index (χ2v) is 7.30. The lowest BCUT2D eigenvalue weighted by atomic mass is 10.3. The molecule has 0 fully saturated rings. The number of nitrogens with zero attached hydrogens (tertiary/aromatic N) is 3. The fourth-order valence-electron chi connectivity index (χ4n) is 1.96. The molecule has 0 amide bonds. The maximum absolute atomic E-state index is 13.7. The molecule has 0 spiro atoms. The summed E-state index contributed by atoms with van der Waals surface area (Å²) in [5.41, 5.74) is 1.29. The van der Waals surface area contributed by atoms with Crippen molar-refractivity contribution < 1.29 is 17.5 Å². The largest absolute Gasteiger partial charge is 0.494 e. The molecule has 0 bridgehead atoms. The van der Waals surface area contributed by atoms with Gasteiger partial charge in [0, 0.05) is 5.38 Å². The number of rotatable bonds is 6. The van der Waals surface area contributed by atoms with Crippen LogP contribution in [-0.4, -0.2) is 30.5 Å². The van der Waals surface area contributed by atoms with Crippen LogP contribution in [0.1, 0.15) is 5.69 Å². The van der Waals surface area contributed by atoms with Gasteiger partial charge in [-0.15, -0.1) is 5.10 Å². The van der Waals surface area contributed by atoms with Gasteiger partial charge < -0.3 is 4.74 Å². The van der Waals surface area contributed by atoms with Crippen molar-refractivity contribution in [2.24, 2.45) is 0 Å². The molecule has 3 aromatic rings. The van der Waals surface area contributed by atoms with Gasteiger partial charge in [-0.2, -0.15) is 11.3 Å². The lowest BCUT2D eigenvalue weighted by molar-refractivity contribution is 0.385. The molecule has 0 aliphatic rings. The first-order valence-corrected chi connectivity index (χ1v) is 9.19. The number of nitrogens with one attached hydrogen (secondary N) is 1. The van der Waals surface area contributed by atoms with E-state index in [1.165, 1.54) is 30.6 Å². The lowest BCUT2D eigenvalue weighted by Gasteiger charge is -2.07. The van der Waals surface area contributed by atoms with Gasteiger partial charge in [-0.3, -0.25) is 0 Å². The van der Waals surface area contributed by atoms with Gasteiger partial charge in [0.05, 0.1) is 36.1 Å². The quantitative estimate of drug-likeness (QED) is 0.719. The third kappa shape index (κ3) is 3.45. The Labute approximate surface area is 141 Å². The third-order valence-electron chi connectivity index (χ3n) is 3.19. The number of methoxy groups -OCH3 is 1. The topological polar surface area (TPSA) is 86.1 Å². The van der Waals surface area contributed by atoms with Crippen LogP contribution in [0.15, 0.2) is 46.1 Å². The zero-order valence-electron chi connectivity index (χ0n) is 12.5. The number of thiophene rings is 1. The molecule has 126 valence electrons. The van der Waals surface area contributed by atoms with Crippen LogP contribution in [0, 0.1) is 5.82 Å². The number of ether oxygens (including phenoxy) is 1. The average Bonchev–Trinajstić information content (AvgIpc) is 3.24.